The van der Waals surface area contributed by atoms with Gasteiger partial charge >= 0.3 is 0 Å². The van der Waals surface area contributed by atoms with Gasteiger partial charge in [0.25, 0.3) is 11.8 Å². The van der Waals surface area contributed by atoms with E-state index in [1.165, 1.54) is 42.6 Å². The third kappa shape index (κ3) is 4.08. The van der Waals surface area contributed by atoms with Gasteiger partial charge in [-0.3, -0.25) is 19.6 Å². The Morgan fingerprint density at radius 3 is 2.41 bits per heavy atom. The molecule has 7 heteroatoms. The van der Waals surface area contributed by atoms with Crippen LogP contribution < -0.4 is 10.6 Å². The molecule has 2 N–H and O–H groups in total. The van der Waals surface area contributed by atoms with Crippen LogP contribution in [-0.4, -0.2) is 21.8 Å². The molecule has 0 saturated carbocycles. The summed E-state index contributed by atoms with van der Waals surface area (Å²) in [5.41, 5.74) is 2.01. The van der Waals surface area contributed by atoms with Crippen molar-refractivity contribution >= 4 is 34.1 Å². The zero-order valence-corrected chi connectivity index (χ0v) is 15.1. The summed E-state index contributed by atoms with van der Waals surface area (Å²) in [6.45, 7) is 0. The average Bonchev–Trinajstić information content (AvgIpc) is 2.75. The van der Waals surface area contributed by atoms with Gasteiger partial charge in [0, 0.05) is 29.0 Å². The van der Waals surface area contributed by atoms with Gasteiger partial charge in [0.1, 0.15) is 11.5 Å². The van der Waals surface area contributed by atoms with E-state index in [1.807, 2.05) is 24.3 Å². The lowest BCUT2D eigenvalue weighted by atomic mass is 10.1. The van der Waals surface area contributed by atoms with E-state index in [1.54, 1.807) is 12.3 Å². The second-order valence-corrected chi connectivity index (χ2v) is 6.23. The number of hydrogen-bond donors (Lipinski definition) is 2. The van der Waals surface area contributed by atoms with Gasteiger partial charge in [-0.15, -0.1) is 0 Å². The zero-order chi connectivity index (χ0) is 20.2. The van der Waals surface area contributed by atoms with Gasteiger partial charge in [-0.05, 0) is 48.5 Å². The largest absolute Gasteiger partial charge is 0.321 e. The molecule has 0 spiro atoms. The Morgan fingerprint density at radius 2 is 1.59 bits per heavy atom. The number of aromatic nitrogens is 2. The first-order valence-electron chi connectivity index (χ1n) is 8.78. The molecule has 0 radical (unpaired) electrons. The average molecular weight is 386 g/mol. The van der Waals surface area contributed by atoms with Crippen LogP contribution in [0.5, 0.6) is 0 Å². The molecule has 2 aromatic heterocycles. The fraction of sp³-hybridized carbons (Fsp3) is 0. The number of fused-ring (bicyclic) bond motifs is 1. The van der Waals surface area contributed by atoms with Gasteiger partial charge in [-0.2, -0.15) is 0 Å². The minimum Gasteiger partial charge on any atom is -0.321 e. The highest BCUT2D eigenvalue weighted by Crippen LogP contribution is 2.21. The number of pyridine rings is 2. The normalized spacial score (nSPS) is 10.5. The second-order valence-electron chi connectivity index (χ2n) is 6.23. The lowest BCUT2D eigenvalue weighted by molar-refractivity contribution is 0.102. The van der Waals surface area contributed by atoms with Gasteiger partial charge in [-0.25, -0.2) is 4.39 Å². The minimum atomic E-state index is -0.502. The van der Waals surface area contributed by atoms with Crippen molar-refractivity contribution in [2.45, 2.75) is 0 Å². The van der Waals surface area contributed by atoms with Crippen molar-refractivity contribution in [2.75, 3.05) is 10.6 Å². The van der Waals surface area contributed by atoms with Crippen LogP contribution in [0, 0.1) is 5.82 Å². The Kier molecular flexibility index (Phi) is 4.94. The lowest BCUT2D eigenvalue weighted by Gasteiger charge is -2.09. The van der Waals surface area contributed by atoms with Crippen LogP contribution in [0.1, 0.15) is 20.8 Å². The number of carbonyl (C=O) groups is 2. The molecule has 0 fully saturated rings. The summed E-state index contributed by atoms with van der Waals surface area (Å²) in [4.78, 5) is 33.4. The number of halogens is 1. The van der Waals surface area contributed by atoms with Crippen molar-refractivity contribution in [1.29, 1.82) is 0 Å². The monoisotopic (exact) mass is 386 g/mol. The summed E-state index contributed by atoms with van der Waals surface area (Å²) in [7, 11) is 0. The SMILES string of the molecule is O=C(Nc1cccc2cccnc12)c1ccnc(C(=O)Nc2ccc(F)cc2)c1. The number of rotatable bonds is 4. The third-order valence-electron chi connectivity index (χ3n) is 4.24. The van der Waals surface area contributed by atoms with Gasteiger partial charge < -0.3 is 10.6 Å². The van der Waals surface area contributed by atoms with Crippen LogP contribution in [0.15, 0.2) is 79.1 Å². The Morgan fingerprint density at radius 1 is 0.793 bits per heavy atom. The van der Waals surface area contributed by atoms with Crippen LogP contribution >= 0.6 is 0 Å². The highest BCUT2D eigenvalue weighted by atomic mass is 19.1. The molecule has 6 nitrogen and oxygen atoms in total. The predicted molar refractivity (Wildman–Crippen MR) is 108 cm³/mol. The summed E-state index contributed by atoms with van der Waals surface area (Å²) < 4.78 is 13.0. The summed E-state index contributed by atoms with van der Waals surface area (Å²) >= 11 is 0. The minimum absolute atomic E-state index is 0.0676. The summed E-state index contributed by atoms with van der Waals surface area (Å²) in [5.74, 6) is -1.29. The van der Waals surface area contributed by atoms with Crippen molar-refractivity contribution in [1.82, 2.24) is 9.97 Å². The van der Waals surface area contributed by atoms with Crippen molar-refractivity contribution in [3.8, 4) is 0 Å². The molecule has 0 atom stereocenters. The number of nitrogens with zero attached hydrogens (tertiary/aromatic N) is 2. The van der Waals surface area contributed by atoms with E-state index in [2.05, 4.69) is 20.6 Å². The van der Waals surface area contributed by atoms with Crippen LogP contribution in [0.4, 0.5) is 15.8 Å². The van der Waals surface area contributed by atoms with E-state index < -0.39 is 11.7 Å². The Balaban J connectivity index is 1.54. The maximum Gasteiger partial charge on any atom is 0.274 e. The molecule has 142 valence electrons. The smallest absolute Gasteiger partial charge is 0.274 e. The van der Waals surface area contributed by atoms with E-state index in [0.29, 0.717) is 16.9 Å². The molecule has 2 aromatic carbocycles. The highest BCUT2D eigenvalue weighted by molar-refractivity contribution is 6.10. The van der Waals surface area contributed by atoms with Gasteiger partial charge in [0.05, 0.1) is 11.2 Å². The molecule has 2 heterocycles. The Bertz CT molecular complexity index is 1200. The van der Waals surface area contributed by atoms with E-state index in [-0.39, 0.29) is 17.2 Å². The summed E-state index contributed by atoms with van der Waals surface area (Å²) in [6.07, 6.45) is 3.04. The molecular formula is C22H15FN4O2. The van der Waals surface area contributed by atoms with E-state index in [0.717, 1.165) is 5.39 Å². The number of benzene rings is 2. The Labute approximate surface area is 165 Å². The molecule has 0 saturated heterocycles. The van der Waals surface area contributed by atoms with Gasteiger partial charge in [-0.1, -0.05) is 18.2 Å². The maximum absolute atomic E-state index is 13.0. The van der Waals surface area contributed by atoms with Crippen molar-refractivity contribution < 1.29 is 14.0 Å². The molecule has 29 heavy (non-hydrogen) atoms. The van der Waals surface area contributed by atoms with Crippen molar-refractivity contribution in [2.24, 2.45) is 0 Å². The zero-order valence-electron chi connectivity index (χ0n) is 15.1. The molecule has 4 rings (SSSR count). The first-order chi connectivity index (χ1) is 14.1. The molecule has 2 amide bonds. The third-order valence-corrected chi connectivity index (χ3v) is 4.24. The quantitative estimate of drug-likeness (QED) is 0.549. The number of para-hydroxylation sites is 1. The fourth-order valence-electron chi connectivity index (χ4n) is 2.82. The second kappa shape index (κ2) is 7.85. The first kappa shape index (κ1) is 18.2. The molecule has 0 aliphatic rings. The molecule has 0 unspecified atom stereocenters. The number of nitrogens with one attached hydrogen (secondary N) is 2. The molecule has 0 aliphatic heterocycles. The number of anilines is 2. The molecule has 0 bridgehead atoms. The summed E-state index contributed by atoms with van der Waals surface area (Å²) in [5, 5.41) is 6.34. The van der Waals surface area contributed by atoms with Crippen LogP contribution in [-0.2, 0) is 0 Å². The van der Waals surface area contributed by atoms with E-state index in [4.69, 9.17) is 0 Å². The highest BCUT2D eigenvalue weighted by Gasteiger charge is 2.13. The van der Waals surface area contributed by atoms with Crippen LogP contribution in [0.25, 0.3) is 10.9 Å². The molecule has 0 aliphatic carbocycles. The van der Waals surface area contributed by atoms with Crippen LogP contribution in [0.2, 0.25) is 0 Å². The standard InChI is InChI=1S/C22H15FN4O2/c23-16-6-8-17(9-7-16)26-22(29)19-13-15(10-12-24-19)21(28)27-18-5-1-3-14-4-2-11-25-20(14)18/h1-13H,(H,26,29)(H,27,28). The lowest BCUT2D eigenvalue weighted by Crippen LogP contribution is -2.17. The predicted octanol–water partition coefficient (Wildman–Crippen LogP) is 4.27. The van der Waals surface area contributed by atoms with Crippen molar-refractivity contribution in [3.63, 3.8) is 0 Å². The summed E-state index contributed by atoms with van der Waals surface area (Å²) in [6, 6.07) is 17.5. The topological polar surface area (TPSA) is 84.0 Å². The maximum atomic E-state index is 13.0. The molecular weight excluding hydrogens is 371 g/mol. The first-order valence-corrected chi connectivity index (χ1v) is 8.78. The number of carbonyl (C=O) groups excluding carboxylic acids is 2. The van der Waals surface area contributed by atoms with Gasteiger partial charge in [0.15, 0.2) is 0 Å². The van der Waals surface area contributed by atoms with E-state index >= 15 is 0 Å². The number of hydrogen-bond acceptors (Lipinski definition) is 4. The molecule has 4 aromatic rings. The van der Waals surface area contributed by atoms with Crippen LogP contribution in [0.3, 0.4) is 0 Å². The fourth-order valence-corrected chi connectivity index (χ4v) is 2.82. The number of amides is 2. The Hall–Kier alpha value is -4.13. The van der Waals surface area contributed by atoms with E-state index in [9.17, 15) is 14.0 Å². The van der Waals surface area contributed by atoms with Gasteiger partial charge in [0.2, 0.25) is 0 Å². The van der Waals surface area contributed by atoms with Crippen molar-refractivity contribution in [3.05, 3.63) is 96.2 Å².